The Morgan fingerprint density at radius 2 is 2.13 bits per heavy atom. The number of carbonyl (C=O) groups is 1. The molecule has 3 rings (SSSR count). The van der Waals surface area contributed by atoms with E-state index in [9.17, 15) is 9.18 Å². The van der Waals surface area contributed by atoms with Crippen molar-refractivity contribution >= 4 is 23.5 Å². The van der Waals surface area contributed by atoms with Crippen LogP contribution < -0.4 is 9.47 Å². The predicted molar refractivity (Wildman–Crippen MR) is 86.7 cm³/mol. The summed E-state index contributed by atoms with van der Waals surface area (Å²) in [5.41, 5.74) is 1.35. The van der Waals surface area contributed by atoms with Crippen molar-refractivity contribution in [3.63, 3.8) is 0 Å². The molecule has 0 unspecified atom stereocenters. The maximum Gasteiger partial charge on any atom is 0.232 e. The van der Waals surface area contributed by atoms with Gasteiger partial charge in [-0.1, -0.05) is 17.7 Å². The molecule has 3 nitrogen and oxygen atoms in total. The first-order chi connectivity index (χ1) is 11.0. The highest BCUT2D eigenvalue weighted by molar-refractivity contribution is 6.32. The van der Waals surface area contributed by atoms with Crippen LogP contribution in [0.2, 0.25) is 5.02 Å². The highest BCUT2D eigenvalue weighted by Gasteiger charge is 2.30. The van der Waals surface area contributed by atoms with E-state index in [1.807, 2.05) is 13.8 Å². The Morgan fingerprint density at radius 3 is 2.83 bits per heavy atom. The third-order valence-electron chi connectivity index (χ3n) is 3.53. The molecule has 0 aromatic heterocycles. The summed E-state index contributed by atoms with van der Waals surface area (Å²) in [5, 5.41) is 0.219. The molecule has 5 heteroatoms. The number of rotatable bonds is 3. The van der Waals surface area contributed by atoms with Gasteiger partial charge in [0, 0.05) is 11.6 Å². The maximum atomic E-state index is 13.9. The van der Waals surface area contributed by atoms with Crippen molar-refractivity contribution < 1.29 is 18.7 Å². The fourth-order valence-corrected chi connectivity index (χ4v) is 2.72. The fraction of sp³-hybridized carbons (Fsp3) is 0.167. The minimum atomic E-state index is -0.510. The van der Waals surface area contributed by atoms with Crippen LogP contribution in [0.25, 0.3) is 6.08 Å². The minimum absolute atomic E-state index is 0.0451. The number of ketones is 1. The summed E-state index contributed by atoms with van der Waals surface area (Å²) in [6, 6.07) is 7.78. The van der Waals surface area contributed by atoms with Crippen LogP contribution in [0.1, 0.15) is 28.4 Å². The third-order valence-corrected chi connectivity index (χ3v) is 3.86. The van der Waals surface area contributed by atoms with Crippen molar-refractivity contribution in [1.29, 1.82) is 0 Å². The molecule has 1 aliphatic heterocycles. The lowest BCUT2D eigenvalue weighted by molar-refractivity contribution is 0.101. The van der Waals surface area contributed by atoms with E-state index in [0.29, 0.717) is 23.7 Å². The molecule has 118 valence electrons. The molecule has 2 aromatic carbocycles. The number of benzene rings is 2. The first kappa shape index (κ1) is 15.6. The van der Waals surface area contributed by atoms with Gasteiger partial charge in [0.05, 0.1) is 17.2 Å². The van der Waals surface area contributed by atoms with Gasteiger partial charge >= 0.3 is 0 Å². The Morgan fingerprint density at radius 1 is 1.35 bits per heavy atom. The standard InChI is InChI=1S/C18H14ClFO3/c1-3-22-11-7-10(2)17-15(8-11)23-16(18(17)21)9-12-13(19)5-4-6-14(12)20/h4-9H,3H2,1-2H3/b16-9-. The summed E-state index contributed by atoms with van der Waals surface area (Å²) < 4.78 is 24.9. The Labute approximate surface area is 138 Å². The van der Waals surface area contributed by atoms with Crippen LogP contribution >= 0.6 is 11.6 Å². The summed E-state index contributed by atoms with van der Waals surface area (Å²) in [6.07, 6.45) is 1.33. The zero-order valence-electron chi connectivity index (χ0n) is 12.7. The summed E-state index contributed by atoms with van der Waals surface area (Å²) >= 11 is 5.99. The van der Waals surface area contributed by atoms with Gasteiger partial charge in [-0.25, -0.2) is 4.39 Å². The number of allylic oxidation sites excluding steroid dienone is 1. The van der Waals surface area contributed by atoms with Crippen LogP contribution in [0.15, 0.2) is 36.1 Å². The molecule has 1 heterocycles. The van der Waals surface area contributed by atoms with Gasteiger partial charge in [-0.05, 0) is 43.7 Å². The molecule has 0 bridgehead atoms. The van der Waals surface area contributed by atoms with Crippen LogP contribution in [0.3, 0.4) is 0 Å². The average molecular weight is 333 g/mol. The van der Waals surface area contributed by atoms with Crippen molar-refractivity contribution in [1.82, 2.24) is 0 Å². The number of Topliss-reactive ketones (excluding diaryl/α,β-unsaturated/α-hetero) is 1. The second kappa shape index (κ2) is 6.05. The van der Waals surface area contributed by atoms with Crippen LogP contribution in [0.4, 0.5) is 4.39 Å². The SMILES string of the molecule is CCOc1cc(C)c2c(c1)O/C(=C\c1c(F)cccc1Cl)C2=O. The molecule has 1 aliphatic rings. The molecular weight excluding hydrogens is 319 g/mol. The van der Waals surface area contributed by atoms with Crippen molar-refractivity contribution in [2.45, 2.75) is 13.8 Å². The molecule has 0 saturated carbocycles. The van der Waals surface area contributed by atoms with Gasteiger partial charge in [-0.3, -0.25) is 4.79 Å². The van der Waals surface area contributed by atoms with E-state index in [-0.39, 0.29) is 22.1 Å². The second-order valence-corrected chi connectivity index (χ2v) is 5.53. The van der Waals surface area contributed by atoms with Crippen molar-refractivity contribution in [2.24, 2.45) is 0 Å². The van der Waals surface area contributed by atoms with Crippen molar-refractivity contribution in [2.75, 3.05) is 6.61 Å². The summed E-state index contributed by atoms with van der Waals surface area (Å²) in [7, 11) is 0. The van der Waals surface area contributed by atoms with E-state index in [0.717, 1.165) is 5.56 Å². The molecule has 0 saturated heterocycles. The Kier molecular flexibility index (Phi) is 4.09. The Hall–Kier alpha value is -2.33. The van der Waals surface area contributed by atoms with Crippen molar-refractivity contribution in [3.05, 3.63) is 63.6 Å². The molecule has 0 amide bonds. The lowest BCUT2D eigenvalue weighted by atomic mass is 10.0. The largest absolute Gasteiger partial charge is 0.494 e. The second-order valence-electron chi connectivity index (χ2n) is 5.12. The molecular formula is C18H14ClFO3. The van der Waals surface area contributed by atoms with Gasteiger partial charge in [-0.15, -0.1) is 0 Å². The fourth-order valence-electron chi connectivity index (χ4n) is 2.51. The predicted octanol–water partition coefficient (Wildman–Crippen LogP) is 4.80. The van der Waals surface area contributed by atoms with Gasteiger partial charge in [0.1, 0.15) is 17.3 Å². The summed E-state index contributed by atoms with van der Waals surface area (Å²) in [6.45, 7) is 4.20. The normalized spacial score (nSPS) is 14.8. The summed E-state index contributed by atoms with van der Waals surface area (Å²) in [5.74, 6) is 0.284. The lowest BCUT2D eigenvalue weighted by Crippen LogP contribution is -2.00. The quantitative estimate of drug-likeness (QED) is 0.757. The molecule has 0 radical (unpaired) electrons. The molecule has 2 aromatic rings. The number of aryl methyl sites for hydroxylation is 1. The van der Waals surface area contributed by atoms with Gasteiger partial charge in [0.15, 0.2) is 5.76 Å². The Balaban J connectivity index is 2.04. The first-order valence-electron chi connectivity index (χ1n) is 7.17. The molecule has 0 N–H and O–H groups in total. The zero-order chi connectivity index (χ0) is 16.6. The van der Waals surface area contributed by atoms with Crippen LogP contribution in [0, 0.1) is 12.7 Å². The number of halogens is 2. The summed E-state index contributed by atoms with van der Waals surface area (Å²) in [4.78, 5) is 12.5. The van der Waals surface area contributed by atoms with E-state index in [1.54, 1.807) is 18.2 Å². The molecule has 0 fully saturated rings. The van der Waals surface area contributed by atoms with Crippen LogP contribution in [-0.2, 0) is 0 Å². The highest BCUT2D eigenvalue weighted by Crippen LogP contribution is 2.38. The van der Waals surface area contributed by atoms with E-state index >= 15 is 0 Å². The smallest absolute Gasteiger partial charge is 0.232 e. The van der Waals surface area contributed by atoms with Gasteiger partial charge in [0.2, 0.25) is 5.78 Å². The topological polar surface area (TPSA) is 35.5 Å². The monoisotopic (exact) mass is 332 g/mol. The average Bonchev–Trinajstić information content (AvgIpc) is 2.80. The zero-order valence-corrected chi connectivity index (χ0v) is 13.4. The Bertz CT molecular complexity index is 807. The van der Waals surface area contributed by atoms with E-state index in [4.69, 9.17) is 21.1 Å². The van der Waals surface area contributed by atoms with Crippen LogP contribution in [0.5, 0.6) is 11.5 Å². The highest BCUT2D eigenvalue weighted by atomic mass is 35.5. The molecule has 0 spiro atoms. The molecule has 23 heavy (non-hydrogen) atoms. The first-order valence-corrected chi connectivity index (χ1v) is 7.54. The number of carbonyl (C=O) groups excluding carboxylic acids is 1. The van der Waals surface area contributed by atoms with Gasteiger partial charge in [-0.2, -0.15) is 0 Å². The minimum Gasteiger partial charge on any atom is -0.494 e. The van der Waals surface area contributed by atoms with Crippen molar-refractivity contribution in [3.8, 4) is 11.5 Å². The third kappa shape index (κ3) is 2.82. The van der Waals surface area contributed by atoms with E-state index < -0.39 is 5.82 Å². The molecule has 0 atom stereocenters. The number of fused-ring (bicyclic) bond motifs is 1. The maximum absolute atomic E-state index is 13.9. The van der Waals surface area contributed by atoms with E-state index in [2.05, 4.69) is 0 Å². The number of ether oxygens (including phenoxy) is 2. The molecule has 0 aliphatic carbocycles. The van der Waals surface area contributed by atoms with Gasteiger partial charge < -0.3 is 9.47 Å². The van der Waals surface area contributed by atoms with Crippen LogP contribution in [-0.4, -0.2) is 12.4 Å². The lowest BCUT2D eigenvalue weighted by Gasteiger charge is -2.06. The number of hydrogen-bond donors (Lipinski definition) is 0. The van der Waals surface area contributed by atoms with E-state index in [1.165, 1.54) is 18.2 Å². The van der Waals surface area contributed by atoms with Gasteiger partial charge in [0.25, 0.3) is 0 Å². The number of hydrogen-bond acceptors (Lipinski definition) is 3.